The zero-order valence-electron chi connectivity index (χ0n) is 11.0. The third kappa shape index (κ3) is 2.00. The highest BCUT2D eigenvalue weighted by molar-refractivity contribution is 5.48. The predicted molar refractivity (Wildman–Crippen MR) is 75.5 cm³/mol. The van der Waals surface area contributed by atoms with E-state index in [4.69, 9.17) is 0 Å². The summed E-state index contributed by atoms with van der Waals surface area (Å²) in [6, 6.07) is 14.7. The molecule has 1 aliphatic rings. The van der Waals surface area contributed by atoms with Gasteiger partial charge in [0.15, 0.2) is 0 Å². The lowest BCUT2D eigenvalue weighted by Gasteiger charge is -2.22. The third-order valence-corrected chi connectivity index (χ3v) is 4.08. The number of rotatable bonds is 2. The summed E-state index contributed by atoms with van der Waals surface area (Å²) >= 11 is 0. The lowest BCUT2D eigenvalue weighted by molar-refractivity contribution is 0.473. The number of hydrogen-bond acceptors (Lipinski definition) is 3. The predicted octanol–water partition coefficient (Wildman–Crippen LogP) is 3.05. The summed E-state index contributed by atoms with van der Waals surface area (Å²) in [6.45, 7) is 0. The van der Waals surface area contributed by atoms with Crippen molar-refractivity contribution in [3.8, 4) is 17.6 Å². The third-order valence-electron chi connectivity index (χ3n) is 4.08. The van der Waals surface area contributed by atoms with Gasteiger partial charge in [0.05, 0.1) is 11.5 Å². The van der Waals surface area contributed by atoms with Gasteiger partial charge in [-0.05, 0) is 60.2 Å². The maximum atomic E-state index is 9.69. The molecular formula is C17H15NO2. The van der Waals surface area contributed by atoms with Gasteiger partial charge in [-0.1, -0.05) is 18.2 Å². The molecule has 3 nitrogen and oxygen atoms in total. The van der Waals surface area contributed by atoms with Crippen LogP contribution in [0.1, 0.15) is 23.1 Å². The Morgan fingerprint density at radius 3 is 2.45 bits per heavy atom. The molecule has 0 saturated carbocycles. The van der Waals surface area contributed by atoms with Crippen LogP contribution in [0.25, 0.3) is 0 Å². The van der Waals surface area contributed by atoms with Gasteiger partial charge in [0.25, 0.3) is 0 Å². The lowest BCUT2D eigenvalue weighted by Crippen LogP contribution is -2.23. The SMILES string of the molecule is N#CC1(Cc2ccc(O)cc2)CCc2cc(O)ccc21. The molecule has 0 heterocycles. The summed E-state index contributed by atoms with van der Waals surface area (Å²) in [5.41, 5.74) is 2.58. The molecule has 1 atom stereocenters. The first-order valence-electron chi connectivity index (χ1n) is 6.64. The minimum Gasteiger partial charge on any atom is -0.508 e. The maximum Gasteiger partial charge on any atom is 0.115 e. The van der Waals surface area contributed by atoms with E-state index in [1.165, 1.54) is 0 Å². The zero-order chi connectivity index (χ0) is 14.2. The highest BCUT2D eigenvalue weighted by Gasteiger charge is 2.39. The largest absolute Gasteiger partial charge is 0.508 e. The summed E-state index contributed by atoms with van der Waals surface area (Å²) in [7, 11) is 0. The second kappa shape index (κ2) is 4.57. The van der Waals surface area contributed by atoms with Crippen LogP contribution in [0.15, 0.2) is 42.5 Å². The monoisotopic (exact) mass is 265 g/mol. The molecule has 0 radical (unpaired) electrons. The first-order chi connectivity index (χ1) is 9.63. The number of phenolic OH excluding ortho intramolecular Hbond substituents is 2. The van der Waals surface area contributed by atoms with Crippen molar-refractivity contribution in [1.82, 2.24) is 0 Å². The van der Waals surface area contributed by atoms with E-state index in [0.717, 1.165) is 29.5 Å². The van der Waals surface area contributed by atoms with E-state index < -0.39 is 5.41 Å². The average Bonchev–Trinajstić information content (AvgIpc) is 2.80. The number of benzene rings is 2. The first kappa shape index (κ1) is 12.6. The highest BCUT2D eigenvalue weighted by Crippen LogP contribution is 2.42. The molecule has 3 rings (SSSR count). The quantitative estimate of drug-likeness (QED) is 0.877. The number of nitrogens with zero attached hydrogens (tertiary/aromatic N) is 1. The smallest absolute Gasteiger partial charge is 0.115 e. The molecule has 0 saturated heterocycles. The van der Waals surface area contributed by atoms with Crippen molar-refractivity contribution >= 4 is 0 Å². The first-order valence-corrected chi connectivity index (χ1v) is 6.64. The second-order valence-corrected chi connectivity index (χ2v) is 5.38. The van der Waals surface area contributed by atoms with Gasteiger partial charge >= 0.3 is 0 Å². The minimum absolute atomic E-state index is 0.233. The van der Waals surface area contributed by atoms with Crippen molar-refractivity contribution in [2.24, 2.45) is 0 Å². The Hall–Kier alpha value is -2.47. The normalized spacial score (nSPS) is 20.4. The van der Waals surface area contributed by atoms with Gasteiger partial charge in [-0.2, -0.15) is 5.26 Å². The van der Waals surface area contributed by atoms with Crippen molar-refractivity contribution in [2.45, 2.75) is 24.7 Å². The molecule has 2 N–H and O–H groups in total. The van der Waals surface area contributed by atoms with Gasteiger partial charge in [0, 0.05) is 0 Å². The van der Waals surface area contributed by atoms with Gasteiger partial charge in [0.1, 0.15) is 11.5 Å². The van der Waals surface area contributed by atoms with Gasteiger partial charge in [-0.3, -0.25) is 0 Å². The minimum atomic E-state index is -0.528. The Labute approximate surface area is 117 Å². The molecule has 0 bridgehead atoms. The van der Waals surface area contributed by atoms with Crippen LogP contribution in [0.3, 0.4) is 0 Å². The van der Waals surface area contributed by atoms with Crippen LogP contribution in [0.4, 0.5) is 0 Å². The molecule has 2 aromatic rings. The molecule has 0 spiro atoms. The van der Waals surface area contributed by atoms with E-state index in [9.17, 15) is 15.5 Å². The lowest BCUT2D eigenvalue weighted by atomic mass is 9.78. The van der Waals surface area contributed by atoms with Crippen LogP contribution < -0.4 is 0 Å². The Morgan fingerprint density at radius 1 is 1.05 bits per heavy atom. The van der Waals surface area contributed by atoms with Crippen LogP contribution in [0.5, 0.6) is 11.5 Å². The summed E-state index contributed by atoms with van der Waals surface area (Å²) in [5.74, 6) is 0.485. The summed E-state index contributed by atoms with van der Waals surface area (Å²) in [6.07, 6.45) is 2.21. The molecule has 2 aromatic carbocycles. The zero-order valence-corrected chi connectivity index (χ0v) is 11.0. The van der Waals surface area contributed by atoms with Crippen LogP contribution >= 0.6 is 0 Å². The van der Waals surface area contributed by atoms with E-state index in [1.807, 2.05) is 18.2 Å². The highest BCUT2D eigenvalue weighted by atomic mass is 16.3. The summed E-state index contributed by atoms with van der Waals surface area (Å²) in [4.78, 5) is 0. The Morgan fingerprint density at radius 2 is 1.75 bits per heavy atom. The van der Waals surface area contributed by atoms with Crippen LogP contribution in [0.2, 0.25) is 0 Å². The Kier molecular flexibility index (Phi) is 2.87. The van der Waals surface area contributed by atoms with Crippen LogP contribution in [-0.4, -0.2) is 10.2 Å². The molecule has 3 heteroatoms. The molecular weight excluding hydrogens is 250 g/mol. The Bertz CT molecular complexity index is 685. The van der Waals surface area contributed by atoms with Gasteiger partial charge in [-0.15, -0.1) is 0 Å². The fraction of sp³-hybridized carbons (Fsp3) is 0.235. The van der Waals surface area contributed by atoms with Crippen LogP contribution in [-0.2, 0) is 18.3 Å². The van der Waals surface area contributed by atoms with Crippen molar-refractivity contribution in [3.05, 3.63) is 59.2 Å². The molecule has 0 amide bonds. The van der Waals surface area contributed by atoms with E-state index >= 15 is 0 Å². The molecule has 1 aliphatic carbocycles. The van der Waals surface area contributed by atoms with Gasteiger partial charge in [-0.25, -0.2) is 0 Å². The topological polar surface area (TPSA) is 64.2 Å². The number of hydrogen-bond donors (Lipinski definition) is 2. The molecule has 0 fully saturated rings. The summed E-state index contributed by atoms with van der Waals surface area (Å²) in [5, 5.41) is 28.6. The van der Waals surface area contributed by atoms with Crippen molar-refractivity contribution in [2.75, 3.05) is 0 Å². The van der Waals surface area contributed by atoms with Crippen LogP contribution in [0, 0.1) is 11.3 Å². The number of aryl methyl sites for hydroxylation is 1. The maximum absolute atomic E-state index is 9.69. The molecule has 0 aliphatic heterocycles. The molecule has 100 valence electrons. The Balaban J connectivity index is 1.99. The number of fused-ring (bicyclic) bond motifs is 1. The van der Waals surface area contributed by atoms with Crippen molar-refractivity contribution < 1.29 is 10.2 Å². The fourth-order valence-corrected chi connectivity index (χ4v) is 3.04. The van der Waals surface area contributed by atoms with Gasteiger partial charge < -0.3 is 10.2 Å². The standard InChI is InChI=1S/C17H15NO2/c18-11-17(10-12-1-3-14(19)4-2-12)8-7-13-9-15(20)5-6-16(13)17/h1-6,9,19-20H,7-8,10H2. The number of nitriles is 1. The van der Waals surface area contributed by atoms with Crippen molar-refractivity contribution in [3.63, 3.8) is 0 Å². The van der Waals surface area contributed by atoms with Gasteiger partial charge in [0.2, 0.25) is 0 Å². The van der Waals surface area contributed by atoms with Crippen molar-refractivity contribution in [1.29, 1.82) is 5.26 Å². The average molecular weight is 265 g/mol. The molecule has 0 aromatic heterocycles. The fourth-order valence-electron chi connectivity index (χ4n) is 3.04. The second-order valence-electron chi connectivity index (χ2n) is 5.38. The number of aromatic hydroxyl groups is 2. The van der Waals surface area contributed by atoms with E-state index in [2.05, 4.69) is 6.07 Å². The molecule has 1 unspecified atom stereocenters. The van der Waals surface area contributed by atoms with E-state index in [-0.39, 0.29) is 11.5 Å². The number of phenols is 2. The van der Waals surface area contributed by atoms with E-state index in [1.54, 1.807) is 24.3 Å². The van der Waals surface area contributed by atoms with E-state index in [0.29, 0.717) is 6.42 Å². The summed E-state index contributed by atoms with van der Waals surface area (Å²) < 4.78 is 0. The molecule has 20 heavy (non-hydrogen) atoms.